The zero-order valence-corrected chi connectivity index (χ0v) is 11.6. The van der Waals surface area contributed by atoms with Gasteiger partial charge in [0.2, 0.25) is 0 Å². The molecule has 90 valence electrons. The molecule has 0 saturated carbocycles. The van der Waals surface area contributed by atoms with Crippen molar-refractivity contribution in [1.29, 1.82) is 0 Å². The molecule has 0 aromatic carbocycles. The first-order valence-corrected chi connectivity index (χ1v) is 6.90. The Kier molecular flexibility index (Phi) is 5.29. The highest BCUT2D eigenvalue weighted by atomic mass is 35.5. The summed E-state index contributed by atoms with van der Waals surface area (Å²) in [6.45, 7) is 7.67. The lowest BCUT2D eigenvalue weighted by Gasteiger charge is -2.19. The van der Waals surface area contributed by atoms with Gasteiger partial charge in [-0.2, -0.15) is 0 Å². The summed E-state index contributed by atoms with van der Waals surface area (Å²) < 4.78 is 0.622. The van der Waals surface area contributed by atoms with Gasteiger partial charge in [0, 0.05) is 18.0 Å². The molecule has 0 N–H and O–H groups in total. The Morgan fingerprint density at radius 1 is 1.44 bits per heavy atom. The van der Waals surface area contributed by atoms with Crippen LogP contribution in [-0.2, 0) is 6.42 Å². The third-order valence-electron chi connectivity index (χ3n) is 2.48. The summed E-state index contributed by atoms with van der Waals surface area (Å²) in [5.74, 6) is 0.0605. The van der Waals surface area contributed by atoms with Crippen LogP contribution in [0, 0.1) is 0 Å². The van der Waals surface area contributed by atoms with Crippen LogP contribution in [-0.4, -0.2) is 23.9 Å². The molecule has 1 aromatic rings. The highest BCUT2D eigenvalue weighted by molar-refractivity contribution is 7.16. The van der Waals surface area contributed by atoms with E-state index in [1.54, 1.807) is 0 Å². The summed E-state index contributed by atoms with van der Waals surface area (Å²) in [5.41, 5.74) is 0.666. The number of nitrogens with zero attached hydrogens (tertiary/aromatic N) is 1. The normalized spacial score (nSPS) is 10.5. The van der Waals surface area contributed by atoms with E-state index >= 15 is 0 Å². The number of hydrogen-bond acceptors (Lipinski definition) is 2. The Balaban J connectivity index is 2.89. The van der Waals surface area contributed by atoms with Gasteiger partial charge in [0.25, 0.3) is 5.91 Å². The lowest BCUT2D eigenvalue weighted by atomic mass is 10.2. The number of thiophene rings is 1. The van der Waals surface area contributed by atoms with E-state index in [0.29, 0.717) is 9.90 Å². The van der Waals surface area contributed by atoms with Crippen LogP contribution >= 0.6 is 22.9 Å². The molecule has 4 heteroatoms. The smallest absolute Gasteiger partial charge is 0.256 e. The monoisotopic (exact) mass is 259 g/mol. The summed E-state index contributed by atoms with van der Waals surface area (Å²) in [7, 11) is 0. The zero-order chi connectivity index (χ0) is 12.1. The molecule has 0 spiro atoms. The summed E-state index contributed by atoms with van der Waals surface area (Å²) in [5, 5.41) is 0. The van der Waals surface area contributed by atoms with Gasteiger partial charge in [-0.1, -0.05) is 25.4 Å². The second-order valence-electron chi connectivity index (χ2n) is 3.64. The minimum atomic E-state index is 0.0605. The van der Waals surface area contributed by atoms with E-state index in [0.717, 1.165) is 25.9 Å². The van der Waals surface area contributed by atoms with Crippen molar-refractivity contribution in [3.63, 3.8) is 0 Å². The van der Waals surface area contributed by atoms with Crippen molar-refractivity contribution < 1.29 is 4.79 Å². The second kappa shape index (κ2) is 6.26. The molecule has 0 bridgehead atoms. The highest BCUT2D eigenvalue weighted by Crippen LogP contribution is 2.29. The number of aryl methyl sites for hydroxylation is 1. The molecular formula is C12H18ClNOS. The maximum Gasteiger partial charge on any atom is 0.256 e. The topological polar surface area (TPSA) is 20.3 Å². The van der Waals surface area contributed by atoms with E-state index in [-0.39, 0.29) is 5.91 Å². The van der Waals surface area contributed by atoms with Crippen LogP contribution in [0.25, 0.3) is 0 Å². The number of carbonyl (C=O) groups is 1. The van der Waals surface area contributed by atoms with Crippen molar-refractivity contribution >= 4 is 28.8 Å². The average molecular weight is 260 g/mol. The van der Waals surface area contributed by atoms with E-state index in [9.17, 15) is 4.79 Å². The summed E-state index contributed by atoms with van der Waals surface area (Å²) in [4.78, 5) is 15.2. The van der Waals surface area contributed by atoms with Crippen LogP contribution < -0.4 is 0 Å². The largest absolute Gasteiger partial charge is 0.339 e. The van der Waals surface area contributed by atoms with Gasteiger partial charge in [0.1, 0.15) is 4.34 Å². The van der Waals surface area contributed by atoms with Gasteiger partial charge in [-0.05, 0) is 25.8 Å². The molecule has 1 rings (SSSR count). The molecule has 0 fully saturated rings. The van der Waals surface area contributed by atoms with Crippen LogP contribution in [0.5, 0.6) is 0 Å². The molecule has 0 aliphatic heterocycles. The fraction of sp³-hybridized carbons (Fsp3) is 0.583. The van der Waals surface area contributed by atoms with E-state index in [1.165, 1.54) is 16.2 Å². The molecular weight excluding hydrogens is 242 g/mol. The first-order chi connectivity index (χ1) is 7.63. The van der Waals surface area contributed by atoms with Crippen LogP contribution in [0.4, 0.5) is 0 Å². The minimum absolute atomic E-state index is 0.0605. The number of carbonyl (C=O) groups excluding carboxylic acids is 1. The van der Waals surface area contributed by atoms with E-state index in [2.05, 4.69) is 13.8 Å². The Labute approximate surface area is 106 Å². The number of halogens is 1. The maximum atomic E-state index is 12.2. The fourth-order valence-corrected chi connectivity index (χ4v) is 2.82. The van der Waals surface area contributed by atoms with Crippen molar-refractivity contribution in [3.05, 3.63) is 20.8 Å². The van der Waals surface area contributed by atoms with Crippen LogP contribution in [0.3, 0.4) is 0 Å². The lowest BCUT2D eigenvalue weighted by molar-refractivity contribution is 0.0765. The Morgan fingerprint density at radius 3 is 2.56 bits per heavy atom. The minimum Gasteiger partial charge on any atom is -0.339 e. The van der Waals surface area contributed by atoms with Gasteiger partial charge in [-0.3, -0.25) is 4.79 Å². The Bertz CT molecular complexity index is 362. The fourth-order valence-electron chi connectivity index (χ4n) is 1.58. The van der Waals surface area contributed by atoms with E-state index in [1.807, 2.05) is 17.9 Å². The van der Waals surface area contributed by atoms with E-state index in [4.69, 9.17) is 11.6 Å². The van der Waals surface area contributed by atoms with Crippen LogP contribution in [0.15, 0.2) is 6.07 Å². The van der Waals surface area contributed by atoms with Gasteiger partial charge in [0.15, 0.2) is 0 Å². The third kappa shape index (κ3) is 2.98. The zero-order valence-electron chi connectivity index (χ0n) is 10.0. The van der Waals surface area contributed by atoms with Crippen molar-refractivity contribution in [1.82, 2.24) is 4.90 Å². The predicted octanol–water partition coefficient (Wildman–Crippen LogP) is 3.84. The number of hydrogen-bond donors (Lipinski definition) is 0. The second-order valence-corrected chi connectivity index (χ2v) is 5.38. The first kappa shape index (κ1) is 13.5. The quantitative estimate of drug-likeness (QED) is 0.787. The van der Waals surface area contributed by atoms with Gasteiger partial charge in [-0.25, -0.2) is 0 Å². The molecule has 0 radical (unpaired) electrons. The molecule has 1 amide bonds. The SMILES string of the molecule is CCCN(CC)C(=O)c1cc(CC)sc1Cl. The molecule has 0 unspecified atom stereocenters. The molecule has 16 heavy (non-hydrogen) atoms. The standard InChI is InChI=1S/C12H18ClNOS/c1-4-7-14(6-3)12(15)10-8-9(5-2)16-11(10)13/h8H,4-7H2,1-3H3. The van der Waals surface area contributed by atoms with Crippen molar-refractivity contribution in [2.75, 3.05) is 13.1 Å². The van der Waals surface area contributed by atoms with Crippen molar-refractivity contribution in [3.8, 4) is 0 Å². The summed E-state index contributed by atoms with van der Waals surface area (Å²) in [6, 6.07) is 1.92. The van der Waals surface area contributed by atoms with Gasteiger partial charge in [-0.15, -0.1) is 11.3 Å². The predicted molar refractivity (Wildman–Crippen MR) is 70.6 cm³/mol. The molecule has 0 saturated heterocycles. The van der Waals surface area contributed by atoms with E-state index < -0.39 is 0 Å². The molecule has 1 heterocycles. The number of amides is 1. The number of rotatable bonds is 5. The molecule has 0 aliphatic carbocycles. The average Bonchev–Trinajstić information content (AvgIpc) is 2.66. The van der Waals surface area contributed by atoms with Crippen LogP contribution in [0.2, 0.25) is 4.34 Å². The van der Waals surface area contributed by atoms with Crippen molar-refractivity contribution in [2.45, 2.75) is 33.6 Å². The van der Waals surface area contributed by atoms with Gasteiger partial charge < -0.3 is 4.90 Å². The first-order valence-electron chi connectivity index (χ1n) is 5.71. The van der Waals surface area contributed by atoms with Crippen molar-refractivity contribution in [2.24, 2.45) is 0 Å². The summed E-state index contributed by atoms with van der Waals surface area (Å²) in [6.07, 6.45) is 1.90. The Morgan fingerprint density at radius 2 is 2.12 bits per heavy atom. The third-order valence-corrected chi connectivity index (χ3v) is 3.98. The van der Waals surface area contributed by atoms with Crippen LogP contribution in [0.1, 0.15) is 42.4 Å². The van der Waals surface area contributed by atoms with Gasteiger partial charge >= 0.3 is 0 Å². The molecule has 0 atom stereocenters. The lowest BCUT2D eigenvalue weighted by Crippen LogP contribution is -2.31. The molecule has 0 aliphatic rings. The highest BCUT2D eigenvalue weighted by Gasteiger charge is 2.18. The molecule has 1 aromatic heterocycles. The Hall–Kier alpha value is -0.540. The summed E-state index contributed by atoms with van der Waals surface area (Å²) >= 11 is 7.60. The molecule has 2 nitrogen and oxygen atoms in total. The maximum absolute atomic E-state index is 12.2. The van der Waals surface area contributed by atoms with Gasteiger partial charge in [0.05, 0.1) is 5.56 Å².